The summed E-state index contributed by atoms with van der Waals surface area (Å²) in [7, 11) is -2.07. The summed E-state index contributed by atoms with van der Waals surface area (Å²) in [5, 5.41) is 16.2. The second kappa shape index (κ2) is 35.8. The number of hydrogen-bond acceptors (Lipinski definition) is 16. The maximum Gasteiger partial charge on any atom is 0.344 e. The molecule has 1 aliphatic heterocycles. The first kappa shape index (κ1) is 70.4. The van der Waals surface area contributed by atoms with Crippen molar-refractivity contribution in [1.82, 2.24) is 20.3 Å². The van der Waals surface area contributed by atoms with Crippen molar-refractivity contribution >= 4 is 106 Å². The molecule has 5 rings (SSSR count). The molecule has 2 aromatic carbocycles. The first-order valence-electron chi connectivity index (χ1n) is 24.8. The monoisotopic (exact) mass is 1180 g/mol. The largest absolute Gasteiger partial charge is 0.778 e. The summed E-state index contributed by atoms with van der Waals surface area (Å²) in [6, 6.07) is 8.19. The molecule has 1 aromatic heterocycles. The van der Waals surface area contributed by atoms with Crippen LogP contribution in [0.2, 0.25) is 10.3 Å². The van der Waals surface area contributed by atoms with Crippen molar-refractivity contribution < 1.29 is 62.0 Å². The van der Waals surface area contributed by atoms with Gasteiger partial charge in [0.1, 0.15) is 25.0 Å². The number of aliphatic carboxylic acids is 1. The fraction of sp³-hybridized carbons (Fsp3) is 0.569. The van der Waals surface area contributed by atoms with E-state index in [0.29, 0.717) is 60.0 Å². The molecule has 3 amide bonds. The Morgan fingerprint density at radius 3 is 2.10 bits per heavy atom. The highest BCUT2D eigenvalue weighted by Crippen LogP contribution is 2.40. The maximum absolute atomic E-state index is 14.5. The Hall–Kier alpha value is -4.64. The van der Waals surface area contributed by atoms with E-state index < -0.39 is 56.6 Å². The van der Waals surface area contributed by atoms with Crippen LogP contribution in [0.25, 0.3) is 0 Å². The number of alkyl halides is 1. The van der Waals surface area contributed by atoms with Crippen molar-refractivity contribution in [2.45, 2.75) is 118 Å². The van der Waals surface area contributed by atoms with E-state index in [0.717, 1.165) is 72.9 Å². The van der Waals surface area contributed by atoms with E-state index in [1.54, 1.807) is 12.0 Å². The molecule has 2 heterocycles. The van der Waals surface area contributed by atoms with Crippen LogP contribution in [0.3, 0.4) is 0 Å². The van der Waals surface area contributed by atoms with Crippen molar-refractivity contribution in [2.75, 3.05) is 91.4 Å². The van der Waals surface area contributed by atoms with Crippen LogP contribution in [0.4, 0.5) is 27.7 Å². The summed E-state index contributed by atoms with van der Waals surface area (Å²) in [4.78, 5) is 91.8. The van der Waals surface area contributed by atoms with E-state index in [-0.39, 0.29) is 45.1 Å². The van der Waals surface area contributed by atoms with Crippen LogP contribution in [-0.4, -0.2) is 137 Å². The third-order valence-electron chi connectivity index (χ3n) is 10.2. The van der Waals surface area contributed by atoms with Gasteiger partial charge in [0.05, 0.1) is 67.3 Å². The average molecular weight is 1180 g/mol. The Bertz CT molecular complexity index is 2450. The SMILES string of the molecule is CCCCCOC(=O)COc1cc(N2C(=O)C3=C(CCCC3)C2=O)c(F)cc1Cl.CCNc1nc(Cl)nc(NC(C)(C)C)n1.CCc1cccc(C)c1N(C(=O)CCl)C(C)COC.C[S+](C)C.O=C(O)CNCP(=O)([O-])O. The maximum atomic E-state index is 14.5. The lowest BCUT2D eigenvalue weighted by molar-refractivity contribution is -0.193. The summed E-state index contributed by atoms with van der Waals surface area (Å²) in [6.07, 6.45) is 12.2. The summed E-state index contributed by atoms with van der Waals surface area (Å²) in [6.45, 7) is 16.8. The predicted molar refractivity (Wildman–Crippen MR) is 303 cm³/mol. The number of carbonyl (C=O) groups excluding carboxylic acids is 4. The van der Waals surface area contributed by atoms with E-state index in [2.05, 4.69) is 57.3 Å². The number of rotatable bonds is 21. The Morgan fingerprint density at radius 1 is 1.00 bits per heavy atom. The second-order valence-electron chi connectivity index (χ2n) is 18.7. The molecular formula is C51H77Cl3FN8O12PS. The highest BCUT2D eigenvalue weighted by atomic mass is 35.5. The molecule has 5 N–H and O–H groups in total. The van der Waals surface area contributed by atoms with Gasteiger partial charge in [-0.15, -0.1) is 11.6 Å². The summed E-state index contributed by atoms with van der Waals surface area (Å²) >= 11 is 17.5. The number of benzene rings is 2. The molecular weight excluding hydrogens is 1110 g/mol. The van der Waals surface area contributed by atoms with E-state index >= 15 is 0 Å². The van der Waals surface area contributed by atoms with Gasteiger partial charge in [-0.05, 0) is 120 Å². The normalized spacial score (nSPS) is 13.9. The van der Waals surface area contributed by atoms with Crippen LogP contribution >= 0.6 is 42.4 Å². The molecule has 0 bridgehead atoms. The fourth-order valence-electron chi connectivity index (χ4n) is 7.08. The van der Waals surface area contributed by atoms with Gasteiger partial charge in [-0.25, -0.2) is 14.1 Å². The number of aryl methyl sites for hydroxylation is 2. The van der Waals surface area contributed by atoms with Crippen molar-refractivity contribution in [3.8, 4) is 5.75 Å². The molecule has 432 valence electrons. The zero-order chi connectivity index (χ0) is 58.6. The smallest absolute Gasteiger partial charge is 0.344 e. The summed E-state index contributed by atoms with van der Waals surface area (Å²) < 4.78 is 40.1. The number of anilines is 4. The lowest BCUT2D eigenvalue weighted by Crippen LogP contribution is -2.43. The lowest BCUT2D eigenvalue weighted by atomic mass is 9.93. The van der Waals surface area contributed by atoms with Crippen molar-refractivity contribution in [1.29, 1.82) is 0 Å². The molecule has 1 aliphatic carbocycles. The number of imide groups is 1. The van der Waals surface area contributed by atoms with Crippen molar-refractivity contribution in [2.24, 2.45) is 0 Å². The molecule has 0 spiro atoms. The Balaban J connectivity index is 0.000000535. The van der Waals surface area contributed by atoms with Gasteiger partial charge in [-0.1, -0.05) is 56.5 Å². The van der Waals surface area contributed by atoms with Crippen LogP contribution in [0.5, 0.6) is 5.75 Å². The minimum absolute atomic E-state index is 0.000883. The van der Waals surface area contributed by atoms with Gasteiger partial charge in [0.2, 0.25) is 23.1 Å². The first-order valence-corrected chi connectivity index (χ1v) is 30.3. The number of amides is 3. The summed E-state index contributed by atoms with van der Waals surface area (Å²) in [5.74, 6) is -2.71. The van der Waals surface area contributed by atoms with Gasteiger partial charge in [0.25, 0.3) is 11.8 Å². The number of carboxylic acids is 1. The Labute approximate surface area is 470 Å². The standard InChI is InChI=1S/C21H23ClFNO5.C15H22ClNO2.C9H16ClN5.C3H8NO5P.C3H9S/c1-2-3-6-9-28-19(25)12-29-18-11-17(16(23)10-15(18)22)24-20(26)13-7-4-5-8-14(13)21(24)27;1-5-13-8-6-7-11(2)15(13)17(14(18)9-16)12(3)10-19-4;1-5-11-7-12-6(10)13-8(14-7)15-9(2,3)4;5-3(6)1-4-2-10(7,8)9;1-4(2)3/h10-11H,2-9,12H2,1H3;6-8,12H,5,9-10H2,1-4H3;5H2,1-4H3,(H2,11,12,13,14,15);4H,1-2H2,(H,5,6)(H2,7,8,9);1-3H3/q;;;;+1/p-1. The number of nitrogens with one attached hydrogen (secondary N) is 3. The zero-order valence-corrected chi connectivity index (χ0v) is 50.1. The first-order chi connectivity index (χ1) is 36.0. The number of para-hydroxylation sites is 1. The molecule has 2 atom stereocenters. The second-order valence-corrected chi connectivity index (χ2v) is 23.7. The van der Waals surface area contributed by atoms with Gasteiger partial charge in [-0.2, -0.15) is 15.0 Å². The number of ether oxygens (including phenoxy) is 3. The number of aromatic nitrogens is 3. The summed E-state index contributed by atoms with van der Waals surface area (Å²) in [5.41, 5.74) is 3.78. The van der Waals surface area contributed by atoms with E-state index in [4.69, 9.17) is 59.0 Å². The Kier molecular flexibility index (Phi) is 32.7. The molecule has 20 nitrogen and oxygen atoms in total. The number of nitrogens with zero attached hydrogens (tertiary/aromatic N) is 5. The fourth-order valence-corrected chi connectivity index (χ4v) is 7.97. The van der Waals surface area contributed by atoms with E-state index in [1.807, 2.05) is 65.9 Å². The molecule has 2 unspecified atom stereocenters. The van der Waals surface area contributed by atoms with Gasteiger partial charge >= 0.3 is 11.9 Å². The van der Waals surface area contributed by atoms with Gasteiger partial charge in [-0.3, -0.25) is 24.5 Å². The molecule has 3 aromatic rings. The highest BCUT2D eigenvalue weighted by molar-refractivity contribution is 7.94. The minimum atomic E-state index is -4.35. The van der Waals surface area contributed by atoms with E-state index in [9.17, 15) is 37.8 Å². The molecule has 2 aliphatic rings. The number of halogens is 4. The van der Waals surface area contributed by atoms with Crippen molar-refractivity contribution in [3.63, 3.8) is 0 Å². The molecule has 0 saturated carbocycles. The number of esters is 1. The molecule has 26 heteroatoms. The van der Waals surface area contributed by atoms with Crippen LogP contribution in [0.15, 0.2) is 41.5 Å². The quantitative estimate of drug-likeness (QED) is 0.0167. The van der Waals surface area contributed by atoms with Crippen LogP contribution < -0.4 is 35.4 Å². The van der Waals surface area contributed by atoms with Crippen LogP contribution in [0.1, 0.15) is 105 Å². The van der Waals surface area contributed by atoms with Gasteiger partial charge in [0, 0.05) is 36.4 Å². The Morgan fingerprint density at radius 2 is 1.60 bits per heavy atom. The van der Waals surface area contributed by atoms with Crippen LogP contribution in [0, 0.1) is 12.7 Å². The number of hydrogen-bond donors (Lipinski definition) is 5. The van der Waals surface area contributed by atoms with Crippen molar-refractivity contribution in [3.05, 3.63) is 68.7 Å². The molecule has 0 radical (unpaired) electrons. The average Bonchev–Trinajstić information content (AvgIpc) is 3.58. The number of carbonyl (C=O) groups is 5. The number of carboxylic acid groups (broad SMARTS) is 1. The van der Waals surface area contributed by atoms with Gasteiger partial charge < -0.3 is 49.2 Å². The van der Waals surface area contributed by atoms with Crippen LogP contribution in [-0.2, 0) is 55.3 Å². The van der Waals surface area contributed by atoms with Gasteiger partial charge in [0.15, 0.2) is 6.61 Å². The molecule has 0 saturated heterocycles. The molecule has 77 heavy (non-hydrogen) atoms. The molecule has 0 fully saturated rings. The zero-order valence-electron chi connectivity index (χ0n) is 46.2. The lowest BCUT2D eigenvalue weighted by Gasteiger charge is -2.31. The third kappa shape index (κ3) is 26.7. The number of methoxy groups -OCH3 is 1. The predicted octanol–water partition coefficient (Wildman–Crippen LogP) is 8.32. The number of unbranched alkanes of at least 4 members (excludes halogenated alkanes) is 2. The highest BCUT2D eigenvalue weighted by Gasteiger charge is 2.41. The minimum Gasteiger partial charge on any atom is -0.778 e. The van der Waals surface area contributed by atoms with E-state index in [1.165, 1.54) is 6.07 Å². The third-order valence-corrected chi connectivity index (χ3v) is 11.5. The topological polar surface area (TPSA) is 275 Å².